The number of carbonyl (C=O) groups is 1. The molecule has 0 N–H and O–H groups in total. The predicted molar refractivity (Wildman–Crippen MR) is 64.5 cm³/mol. The Balaban J connectivity index is 1.80. The number of nitrogens with zero attached hydrogens (tertiary/aromatic N) is 2. The van der Waals surface area contributed by atoms with E-state index < -0.39 is 0 Å². The van der Waals surface area contributed by atoms with Crippen molar-refractivity contribution >= 4 is 5.91 Å². The molecule has 92 valence electrons. The summed E-state index contributed by atoms with van der Waals surface area (Å²) in [4.78, 5) is 17.8. The molecule has 1 aliphatic rings. The van der Waals surface area contributed by atoms with Crippen molar-refractivity contribution in [2.24, 2.45) is 5.92 Å². The minimum atomic E-state index is 0.0671. The van der Waals surface area contributed by atoms with Crippen molar-refractivity contribution in [3.8, 4) is 0 Å². The minimum absolute atomic E-state index is 0.0671. The third kappa shape index (κ3) is 3.27. The molecule has 2 rings (SSSR count). The van der Waals surface area contributed by atoms with Crippen molar-refractivity contribution in [3.05, 3.63) is 30.1 Å². The molecule has 1 unspecified atom stereocenters. The lowest BCUT2D eigenvalue weighted by Gasteiger charge is -2.20. The maximum Gasteiger partial charge on any atom is 0.227 e. The number of ether oxygens (including phenoxy) is 1. The fourth-order valence-electron chi connectivity index (χ4n) is 2.00. The summed E-state index contributed by atoms with van der Waals surface area (Å²) in [5, 5.41) is 0. The number of pyridine rings is 1. The van der Waals surface area contributed by atoms with E-state index in [1.165, 1.54) is 5.56 Å². The Morgan fingerprint density at radius 3 is 2.94 bits per heavy atom. The summed E-state index contributed by atoms with van der Waals surface area (Å²) >= 11 is 0. The molecule has 1 amide bonds. The van der Waals surface area contributed by atoms with Gasteiger partial charge < -0.3 is 9.64 Å². The zero-order chi connectivity index (χ0) is 12.1. The van der Waals surface area contributed by atoms with Crippen molar-refractivity contribution in [3.63, 3.8) is 0 Å². The molecule has 4 heteroatoms. The van der Waals surface area contributed by atoms with Crippen LogP contribution in [0.1, 0.15) is 12.0 Å². The van der Waals surface area contributed by atoms with E-state index in [0.717, 1.165) is 19.4 Å². The van der Waals surface area contributed by atoms with Gasteiger partial charge in [0.15, 0.2) is 0 Å². The normalized spacial score (nSPS) is 19.2. The SMILES string of the molecule is CN(CCc1ccncc1)C(=O)C1CCOC1. The van der Waals surface area contributed by atoms with Crippen molar-refractivity contribution in [1.82, 2.24) is 9.88 Å². The lowest BCUT2D eigenvalue weighted by molar-refractivity contribution is -0.134. The van der Waals surface area contributed by atoms with Crippen LogP contribution in [-0.4, -0.2) is 42.6 Å². The summed E-state index contributed by atoms with van der Waals surface area (Å²) in [6, 6.07) is 3.97. The van der Waals surface area contributed by atoms with Gasteiger partial charge in [-0.15, -0.1) is 0 Å². The van der Waals surface area contributed by atoms with Crippen molar-refractivity contribution in [1.29, 1.82) is 0 Å². The lowest BCUT2D eigenvalue weighted by Crippen LogP contribution is -2.34. The van der Waals surface area contributed by atoms with Crippen molar-refractivity contribution in [2.75, 3.05) is 26.8 Å². The largest absolute Gasteiger partial charge is 0.381 e. The monoisotopic (exact) mass is 234 g/mol. The Morgan fingerprint density at radius 2 is 2.29 bits per heavy atom. The molecule has 0 radical (unpaired) electrons. The quantitative estimate of drug-likeness (QED) is 0.784. The maximum atomic E-state index is 12.0. The van der Waals surface area contributed by atoms with E-state index >= 15 is 0 Å². The van der Waals surface area contributed by atoms with Gasteiger partial charge in [-0.1, -0.05) is 0 Å². The first-order chi connectivity index (χ1) is 8.27. The third-order valence-electron chi connectivity index (χ3n) is 3.14. The average Bonchev–Trinajstić information content (AvgIpc) is 2.90. The van der Waals surface area contributed by atoms with E-state index in [0.29, 0.717) is 13.2 Å². The molecule has 17 heavy (non-hydrogen) atoms. The Labute approximate surface area is 102 Å². The fourth-order valence-corrected chi connectivity index (χ4v) is 2.00. The van der Waals surface area contributed by atoms with Gasteiger partial charge in [0, 0.05) is 32.6 Å². The predicted octanol–water partition coefficient (Wildman–Crippen LogP) is 1.12. The number of amides is 1. The molecule has 1 aromatic rings. The summed E-state index contributed by atoms with van der Waals surface area (Å²) in [7, 11) is 1.86. The van der Waals surface area contributed by atoms with Gasteiger partial charge in [-0.05, 0) is 30.5 Å². The molecule has 0 aromatic carbocycles. The van der Waals surface area contributed by atoms with Crippen LogP contribution in [0, 0.1) is 5.92 Å². The van der Waals surface area contributed by atoms with Gasteiger partial charge in [0.2, 0.25) is 5.91 Å². The van der Waals surface area contributed by atoms with E-state index in [-0.39, 0.29) is 11.8 Å². The minimum Gasteiger partial charge on any atom is -0.381 e. The molecule has 0 aliphatic carbocycles. The standard InChI is InChI=1S/C13H18N2O2/c1-15(13(16)12-5-9-17-10-12)8-4-11-2-6-14-7-3-11/h2-3,6-7,12H,4-5,8-10H2,1H3. The molecular formula is C13H18N2O2. The number of aromatic nitrogens is 1. The molecule has 1 aromatic heterocycles. The van der Waals surface area contributed by atoms with E-state index in [2.05, 4.69) is 4.98 Å². The van der Waals surface area contributed by atoms with E-state index in [9.17, 15) is 4.79 Å². The number of hydrogen-bond donors (Lipinski definition) is 0. The highest BCUT2D eigenvalue weighted by Crippen LogP contribution is 2.15. The Kier molecular flexibility index (Phi) is 4.09. The Hall–Kier alpha value is -1.42. The van der Waals surface area contributed by atoms with Gasteiger partial charge in [0.05, 0.1) is 12.5 Å². The first-order valence-electron chi connectivity index (χ1n) is 5.99. The van der Waals surface area contributed by atoms with Crippen LogP contribution >= 0.6 is 0 Å². The molecular weight excluding hydrogens is 216 g/mol. The smallest absolute Gasteiger partial charge is 0.227 e. The summed E-state index contributed by atoms with van der Waals surface area (Å²) in [5.41, 5.74) is 1.21. The molecule has 0 bridgehead atoms. The van der Waals surface area contributed by atoms with Crippen LogP contribution in [0.3, 0.4) is 0 Å². The van der Waals surface area contributed by atoms with E-state index in [1.807, 2.05) is 19.2 Å². The summed E-state index contributed by atoms with van der Waals surface area (Å²) in [5.74, 6) is 0.272. The zero-order valence-corrected chi connectivity index (χ0v) is 10.1. The van der Waals surface area contributed by atoms with Crippen molar-refractivity contribution < 1.29 is 9.53 Å². The van der Waals surface area contributed by atoms with Gasteiger partial charge in [-0.3, -0.25) is 9.78 Å². The number of likely N-dealkylation sites (N-methyl/N-ethyl adjacent to an activating group) is 1. The average molecular weight is 234 g/mol. The van der Waals surface area contributed by atoms with E-state index in [4.69, 9.17) is 4.74 Å². The van der Waals surface area contributed by atoms with Crippen LogP contribution in [0.2, 0.25) is 0 Å². The molecule has 4 nitrogen and oxygen atoms in total. The zero-order valence-electron chi connectivity index (χ0n) is 10.1. The first-order valence-corrected chi connectivity index (χ1v) is 5.99. The molecule has 1 saturated heterocycles. The van der Waals surface area contributed by atoms with Crippen molar-refractivity contribution in [2.45, 2.75) is 12.8 Å². The highest BCUT2D eigenvalue weighted by atomic mass is 16.5. The molecule has 1 fully saturated rings. The van der Waals surface area contributed by atoms with Crippen LogP contribution in [0.15, 0.2) is 24.5 Å². The molecule has 0 saturated carbocycles. The summed E-state index contributed by atoms with van der Waals surface area (Å²) in [6.07, 6.45) is 5.29. The van der Waals surface area contributed by atoms with Gasteiger partial charge in [-0.25, -0.2) is 0 Å². The summed E-state index contributed by atoms with van der Waals surface area (Å²) < 4.78 is 5.24. The molecule has 2 heterocycles. The van der Waals surface area contributed by atoms with Gasteiger partial charge in [-0.2, -0.15) is 0 Å². The highest BCUT2D eigenvalue weighted by molar-refractivity contribution is 5.78. The number of carbonyl (C=O) groups excluding carboxylic acids is 1. The van der Waals surface area contributed by atoms with Gasteiger partial charge in [0.25, 0.3) is 0 Å². The van der Waals surface area contributed by atoms with Crippen LogP contribution in [0.5, 0.6) is 0 Å². The van der Waals surface area contributed by atoms with Crippen LogP contribution in [0.25, 0.3) is 0 Å². The van der Waals surface area contributed by atoms with Gasteiger partial charge in [0.1, 0.15) is 0 Å². The third-order valence-corrected chi connectivity index (χ3v) is 3.14. The van der Waals surface area contributed by atoms with Crippen LogP contribution < -0.4 is 0 Å². The fraction of sp³-hybridized carbons (Fsp3) is 0.538. The first kappa shape index (κ1) is 12.0. The highest BCUT2D eigenvalue weighted by Gasteiger charge is 2.25. The molecule has 1 aliphatic heterocycles. The summed E-state index contributed by atoms with van der Waals surface area (Å²) in [6.45, 7) is 2.05. The lowest BCUT2D eigenvalue weighted by atomic mass is 10.1. The molecule has 0 spiro atoms. The Bertz CT molecular complexity index is 361. The molecule has 1 atom stereocenters. The second kappa shape index (κ2) is 5.77. The second-order valence-corrected chi connectivity index (χ2v) is 4.43. The van der Waals surface area contributed by atoms with Crippen LogP contribution in [0.4, 0.5) is 0 Å². The Morgan fingerprint density at radius 1 is 1.53 bits per heavy atom. The van der Waals surface area contributed by atoms with Crippen LogP contribution in [-0.2, 0) is 16.0 Å². The van der Waals surface area contributed by atoms with Gasteiger partial charge >= 0.3 is 0 Å². The number of hydrogen-bond acceptors (Lipinski definition) is 3. The second-order valence-electron chi connectivity index (χ2n) is 4.43. The number of rotatable bonds is 4. The maximum absolute atomic E-state index is 12.0. The van der Waals surface area contributed by atoms with E-state index in [1.54, 1.807) is 17.3 Å². The topological polar surface area (TPSA) is 42.4 Å².